The van der Waals surface area contributed by atoms with Crippen molar-refractivity contribution in [1.82, 2.24) is 0 Å². The number of methoxy groups -OCH3 is 1. The van der Waals surface area contributed by atoms with Gasteiger partial charge in [0.1, 0.15) is 0 Å². The molecule has 0 bridgehead atoms. The second-order valence-electron chi connectivity index (χ2n) is 6.39. The van der Waals surface area contributed by atoms with Crippen LogP contribution in [-0.2, 0) is 4.74 Å². The number of hydrogen-bond acceptors (Lipinski definition) is 4. The second-order valence-corrected chi connectivity index (χ2v) is 7.56. The molecule has 2 saturated carbocycles. The van der Waals surface area contributed by atoms with Crippen molar-refractivity contribution in [2.75, 3.05) is 7.11 Å². The van der Waals surface area contributed by atoms with E-state index in [1.807, 2.05) is 0 Å². The lowest BCUT2D eigenvalue weighted by atomic mass is 9.79. The highest BCUT2D eigenvalue weighted by Gasteiger charge is 2.32. The smallest absolute Gasteiger partial charge is 0.213 e. The zero-order chi connectivity index (χ0) is 16.1. The maximum absolute atomic E-state index is 10.8. The molecule has 0 N–H and O–H groups in total. The molecule has 2 fully saturated rings. The van der Waals surface area contributed by atoms with Crippen molar-refractivity contribution in [1.29, 1.82) is 5.26 Å². The fraction of sp³-hybridized carbons (Fsp3) is 0.812. The van der Waals surface area contributed by atoms with Crippen LogP contribution in [0.1, 0.15) is 44.9 Å². The second kappa shape index (κ2) is 8.07. The zero-order valence-corrected chi connectivity index (χ0v) is 14.5. The lowest BCUT2D eigenvalue weighted by Crippen LogP contribution is -2.31. The Labute approximate surface area is 140 Å². The molecule has 0 amide bonds. The number of allylic oxidation sites excluding steroid dienone is 2. The van der Waals surface area contributed by atoms with Crippen LogP contribution in [0.3, 0.4) is 0 Å². The number of halogens is 1. The summed E-state index contributed by atoms with van der Waals surface area (Å²) in [6, 6.07) is 1.93. The van der Waals surface area contributed by atoms with Crippen LogP contribution in [0.2, 0.25) is 0 Å². The monoisotopic (exact) mass is 370 g/mol. The first-order chi connectivity index (χ1) is 10.5. The number of rotatable bonds is 4. The van der Waals surface area contributed by atoms with Crippen LogP contribution in [-0.4, -0.2) is 29.0 Å². The van der Waals surface area contributed by atoms with Gasteiger partial charge in [-0.2, -0.15) is 5.26 Å². The molecule has 0 aromatic rings. The molecule has 6 heteroatoms. The minimum atomic E-state index is -0.416. The minimum absolute atomic E-state index is 0.173. The van der Waals surface area contributed by atoms with E-state index >= 15 is 0 Å². The maximum atomic E-state index is 10.8. The lowest BCUT2D eigenvalue weighted by molar-refractivity contribution is -0.526. The van der Waals surface area contributed by atoms with E-state index in [-0.39, 0.29) is 16.9 Å². The Balaban J connectivity index is 1.95. The summed E-state index contributed by atoms with van der Waals surface area (Å²) in [6.07, 6.45) is 8.10. The third kappa shape index (κ3) is 4.30. The highest BCUT2D eigenvalue weighted by atomic mass is 79.9. The molecule has 22 heavy (non-hydrogen) atoms. The van der Waals surface area contributed by atoms with Crippen LogP contribution in [0.15, 0.2) is 11.6 Å². The predicted molar refractivity (Wildman–Crippen MR) is 87.3 cm³/mol. The number of nitrogens with zero attached hydrogens (tertiary/aromatic N) is 2. The molecule has 0 heterocycles. The quantitative estimate of drug-likeness (QED) is 0.326. The van der Waals surface area contributed by atoms with Gasteiger partial charge >= 0.3 is 0 Å². The van der Waals surface area contributed by atoms with Gasteiger partial charge in [-0.1, -0.05) is 22.0 Å². The number of ether oxygens (including phenoxy) is 1. The Bertz CT molecular complexity index is 467. The van der Waals surface area contributed by atoms with E-state index in [0.717, 1.165) is 37.7 Å². The summed E-state index contributed by atoms with van der Waals surface area (Å²) in [5.74, 6) is 0.605. The van der Waals surface area contributed by atoms with Crippen molar-refractivity contribution in [3.05, 3.63) is 21.8 Å². The Morgan fingerprint density at radius 1 is 1.32 bits per heavy atom. The summed E-state index contributed by atoms with van der Waals surface area (Å²) in [5, 5.41) is 20.3. The average Bonchev–Trinajstić information content (AvgIpc) is 2.53. The molecule has 3 atom stereocenters. The molecule has 0 spiro atoms. The maximum Gasteiger partial charge on any atom is 0.213 e. The standard InChI is InChI=1S/C16H23BrN2O3/c1-22-16-7-2-11(9-15(16)17)8-13(10-18)12-3-5-14(6-4-12)19(20)21/h8,11-12,14-16H,2-7,9H2,1H3. The third-order valence-electron chi connectivity index (χ3n) is 5.04. The molecular formula is C16H23BrN2O3. The molecule has 0 aromatic carbocycles. The zero-order valence-electron chi connectivity index (χ0n) is 12.9. The molecule has 0 aromatic heterocycles. The molecular weight excluding hydrogens is 348 g/mol. The summed E-state index contributed by atoms with van der Waals surface area (Å²) in [4.78, 5) is 11.0. The average molecular weight is 371 g/mol. The largest absolute Gasteiger partial charge is 0.380 e. The summed E-state index contributed by atoms with van der Waals surface area (Å²) < 4.78 is 5.44. The lowest BCUT2D eigenvalue weighted by Gasteiger charge is -2.31. The van der Waals surface area contributed by atoms with E-state index in [2.05, 4.69) is 28.1 Å². The highest BCUT2D eigenvalue weighted by molar-refractivity contribution is 9.09. The van der Waals surface area contributed by atoms with Crippen LogP contribution < -0.4 is 0 Å². The van der Waals surface area contributed by atoms with Gasteiger partial charge in [0.25, 0.3) is 0 Å². The SMILES string of the molecule is COC1CCC(C=C(C#N)C2CCC([N+](=O)[O-])CC2)CC1Br. The summed E-state index contributed by atoms with van der Waals surface area (Å²) in [5.41, 5.74) is 0.836. The summed E-state index contributed by atoms with van der Waals surface area (Å²) in [6.45, 7) is 0. The topological polar surface area (TPSA) is 76.2 Å². The molecule has 2 aliphatic rings. The normalized spacial score (nSPS) is 36.6. The van der Waals surface area contributed by atoms with Crippen molar-refractivity contribution in [2.45, 2.75) is 61.9 Å². The first kappa shape index (κ1) is 17.4. The van der Waals surface area contributed by atoms with Crippen molar-refractivity contribution in [2.24, 2.45) is 11.8 Å². The van der Waals surface area contributed by atoms with E-state index in [4.69, 9.17) is 4.74 Å². The molecule has 0 saturated heterocycles. The van der Waals surface area contributed by atoms with Crippen LogP contribution >= 0.6 is 15.9 Å². The molecule has 122 valence electrons. The van der Waals surface area contributed by atoms with Gasteiger partial charge < -0.3 is 4.74 Å². The fourth-order valence-electron chi connectivity index (χ4n) is 3.65. The Morgan fingerprint density at radius 2 is 2.00 bits per heavy atom. The highest BCUT2D eigenvalue weighted by Crippen LogP contribution is 2.36. The Morgan fingerprint density at radius 3 is 2.50 bits per heavy atom. The van der Waals surface area contributed by atoms with Crippen molar-refractivity contribution >= 4 is 15.9 Å². The first-order valence-electron chi connectivity index (χ1n) is 7.97. The predicted octanol–water partition coefficient (Wildman–Crippen LogP) is 3.85. The van der Waals surface area contributed by atoms with Gasteiger partial charge in [-0.15, -0.1) is 0 Å². The summed E-state index contributed by atoms with van der Waals surface area (Å²) >= 11 is 3.67. The molecule has 0 radical (unpaired) electrons. The van der Waals surface area contributed by atoms with Crippen LogP contribution in [0.25, 0.3) is 0 Å². The molecule has 2 rings (SSSR count). The minimum Gasteiger partial charge on any atom is -0.380 e. The van der Waals surface area contributed by atoms with Crippen molar-refractivity contribution in [3.8, 4) is 6.07 Å². The molecule has 2 aliphatic carbocycles. The van der Waals surface area contributed by atoms with Gasteiger partial charge in [0.05, 0.1) is 12.2 Å². The number of nitriles is 1. The first-order valence-corrected chi connectivity index (χ1v) is 8.88. The van der Waals surface area contributed by atoms with E-state index in [9.17, 15) is 15.4 Å². The molecule has 3 unspecified atom stereocenters. The van der Waals surface area contributed by atoms with E-state index in [1.54, 1.807) is 7.11 Å². The van der Waals surface area contributed by atoms with Crippen LogP contribution in [0.5, 0.6) is 0 Å². The molecule has 5 nitrogen and oxygen atoms in total. The van der Waals surface area contributed by atoms with Crippen molar-refractivity contribution in [3.63, 3.8) is 0 Å². The number of nitro groups is 1. The van der Waals surface area contributed by atoms with Gasteiger partial charge in [-0.25, -0.2) is 0 Å². The van der Waals surface area contributed by atoms with E-state index < -0.39 is 6.04 Å². The van der Waals surface area contributed by atoms with Gasteiger partial charge in [0, 0.05) is 35.3 Å². The van der Waals surface area contributed by atoms with Gasteiger partial charge in [-0.3, -0.25) is 10.1 Å². The van der Waals surface area contributed by atoms with Crippen LogP contribution in [0, 0.1) is 33.3 Å². The Kier molecular flexibility index (Phi) is 6.39. The number of hydrogen-bond donors (Lipinski definition) is 0. The third-order valence-corrected chi connectivity index (χ3v) is 6.00. The molecule has 0 aliphatic heterocycles. The van der Waals surface area contributed by atoms with E-state index in [1.165, 1.54) is 0 Å². The van der Waals surface area contributed by atoms with Gasteiger partial charge in [-0.05, 0) is 43.9 Å². The fourth-order valence-corrected chi connectivity index (χ4v) is 4.61. The number of alkyl halides is 1. The van der Waals surface area contributed by atoms with Crippen molar-refractivity contribution < 1.29 is 9.66 Å². The Hall–Kier alpha value is -0.930. The summed E-state index contributed by atoms with van der Waals surface area (Å²) in [7, 11) is 1.74. The van der Waals surface area contributed by atoms with E-state index in [0.29, 0.717) is 23.6 Å². The van der Waals surface area contributed by atoms with Gasteiger partial charge in [0.2, 0.25) is 6.04 Å². The van der Waals surface area contributed by atoms with Gasteiger partial charge in [0.15, 0.2) is 0 Å². The van der Waals surface area contributed by atoms with Crippen LogP contribution in [0.4, 0.5) is 0 Å².